The molecule has 0 saturated carbocycles. The maximum absolute atomic E-state index is 4.75. The van der Waals surface area contributed by atoms with E-state index in [4.69, 9.17) is 21.3 Å². The minimum atomic E-state index is 0. The second-order valence-electron chi connectivity index (χ2n) is 18.4. The molecule has 0 aliphatic carbocycles. The molecule has 45 heavy (non-hydrogen) atoms. The van der Waals surface area contributed by atoms with Gasteiger partial charge in [0.1, 0.15) is 0 Å². The van der Waals surface area contributed by atoms with Gasteiger partial charge in [0.2, 0.25) is 0 Å². The average molecular weight is 672 g/mol. The summed E-state index contributed by atoms with van der Waals surface area (Å²) >= 11 is 0. The molecule has 4 rings (SSSR count). The van der Waals surface area contributed by atoms with Crippen LogP contribution in [0.1, 0.15) is 188 Å². The van der Waals surface area contributed by atoms with Gasteiger partial charge >= 0.3 is 105 Å². The number of nitrogens with zero attached hydrogens (tertiary/aromatic N) is 4. The number of piperidine rings is 4. The predicted molar refractivity (Wildman–Crippen MR) is 194 cm³/mol. The Balaban J connectivity index is -0.000000152. The Morgan fingerprint density at radius 3 is 0.400 bits per heavy atom. The molecule has 4 aliphatic rings. The van der Waals surface area contributed by atoms with Crippen molar-refractivity contribution in [1.29, 1.82) is 0 Å². The molecule has 9 heteroatoms. The Kier molecular flexibility index (Phi) is 28.7. The van der Waals surface area contributed by atoms with Crippen LogP contribution in [0.15, 0.2) is 0 Å². The van der Waals surface area contributed by atoms with Gasteiger partial charge in [0.05, 0.1) is 0 Å². The summed E-state index contributed by atoms with van der Waals surface area (Å²) < 4.78 is 0. The normalized spacial score (nSPS) is 26.7. The largest absolute Gasteiger partial charge is 2.00 e. The minimum absolute atomic E-state index is 0. The zero-order valence-electron chi connectivity index (χ0n) is 34.1. The summed E-state index contributed by atoms with van der Waals surface area (Å²) in [6, 6.07) is 0. The number of hydrogen-bond acceptors (Lipinski definition) is 0. The Hall–Kier alpha value is 3.33. The molecule has 0 radical (unpaired) electrons. The van der Waals surface area contributed by atoms with Crippen LogP contribution in [0.5, 0.6) is 0 Å². The van der Waals surface area contributed by atoms with E-state index in [2.05, 4.69) is 111 Å². The van der Waals surface area contributed by atoms with Crippen LogP contribution in [0.4, 0.5) is 0 Å². The Morgan fingerprint density at radius 2 is 0.356 bits per heavy atom. The predicted octanol–water partition coefficient (Wildman–Crippen LogP) is 5.53. The summed E-state index contributed by atoms with van der Waals surface area (Å²) in [5.74, 6) is 0. The molecular weight excluding hydrogens is 599 g/mol. The van der Waals surface area contributed by atoms with Crippen LogP contribution in [0, 0.1) is 0 Å². The standard InChI is InChI=1S/4C9H18N.2Mg.2Na.O/c4*1-8(2)6-5-7-9(3,4)10-8;;;;;/h4*5-7H2,1-4H3;;;;;/q4*-1;2*+2;2*+1;-2. The van der Waals surface area contributed by atoms with Crippen LogP contribution >= 0.6 is 0 Å². The van der Waals surface area contributed by atoms with E-state index < -0.39 is 0 Å². The molecule has 0 aromatic carbocycles. The maximum Gasteiger partial charge on any atom is 2.00 e. The first-order valence-corrected chi connectivity index (χ1v) is 16.6. The van der Waals surface area contributed by atoms with Crippen molar-refractivity contribution in [2.45, 2.75) is 232 Å². The third-order valence-electron chi connectivity index (χ3n) is 8.73. The molecule has 0 N–H and O–H groups in total. The second-order valence-corrected chi connectivity index (χ2v) is 18.4. The first-order valence-electron chi connectivity index (χ1n) is 16.6. The van der Waals surface area contributed by atoms with Crippen molar-refractivity contribution in [2.75, 3.05) is 0 Å². The van der Waals surface area contributed by atoms with Gasteiger partial charge in [-0.25, -0.2) is 0 Å². The Labute approximate surface area is 360 Å². The summed E-state index contributed by atoms with van der Waals surface area (Å²) in [7, 11) is 0. The van der Waals surface area contributed by atoms with Gasteiger partial charge in [-0.15, -0.1) is 44.3 Å². The van der Waals surface area contributed by atoms with Gasteiger partial charge in [-0.3, -0.25) is 0 Å². The number of hydrogen-bond donors (Lipinski definition) is 0. The summed E-state index contributed by atoms with van der Waals surface area (Å²) in [5, 5.41) is 19.0. The van der Waals surface area contributed by atoms with Gasteiger partial charge in [0, 0.05) is 0 Å². The monoisotopic (exact) mass is 671 g/mol. The fourth-order valence-electron chi connectivity index (χ4n) is 7.54. The van der Waals surface area contributed by atoms with Gasteiger partial charge < -0.3 is 26.7 Å². The van der Waals surface area contributed by atoms with Gasteiger partial charge in [0.25, 0.3) is 0 Å². The van der Waals surface area contributed by atoms with Crippen LogP contribution < -0.4 is 59.1 Å². The van der Waals surface area contributed by atoms with Gasteiger partial charge in [0.15, 0.2) is 0 Å². The summed E-state index contributed by atoms with van der Waals surface area (Å²) in [6.07, 6.45) is 15.4. The molecule has 248 valence electrons. The zero-order valence-corrected chi connectivity index (χ0v) is 40.9. The van der Waals surface area contributed by atoms with Crippen molar-refractivity contribution in [3.8, 4) is 0 Å². The Morgan fingerprint density at radius 1 is 0.267 bits per heavy atom. The topological polar surface area (TPSA) is 84.9 Å². The molecule has 4 aliphatic heterocycles. The molecular formula is C36H72Mg2N4Na2O. The van der Waals surface area contributed by atoms with Crippen LogP contribution in [0.3, 0.4) is 0 Å². The number of rotatable bonds is 0. The van der Waals surface area contributed by atoms with Crippen molar-refractivity contribution in [3.63, 3.8) is 0 Å². The minimum Gasteiger partial charge on any atom is -2.00 e. The zero-order chi connectivity index (χ0) is 31.3. The molecule has 0 aromatic heterocycles. The van der Waals surface area contributed by atoms with Crippen molar-refractivity contribution in [2.24, 2.45) is 0 Å². The van der Waals surface area contributed by atoms with Crippen LogP contribution in [-0.2, 0) is 5.48 Å². The van der Waals surface area contributed by atoms with E-state index in [9.17, 15) is 0 Å². The first kappa shape index (κ1) is 57.7. The third kappa shape index (κ3) is 27.6. The van der Waals surface area contributed by atoms with Crippen LogP contribution in [-0.4, -0.2) is 90.4 Å². The molecule has 4 heterocycles. The van der Waals surface area contributed by atoms with Crippen LogP contribution in [0.25, 0.3) is 21.3 Å². The fourth-order valence-corrected chi connectivity index (χ4v) is 7.54. The van der Waals surface area contributed by atoms with Gasteiger partial charge in [-0.05, 0) is 0 Å². The van der Waals surface area contributed by atoms with Gasteiger partial charge in [-0.1, -0.05) is 188 Å². The van der Waals surface area contributed by atoms with E-state index in [1.54, 1.807) is 0 Å². The van der Waals surface area contributed by atoms with E-state index in [1.165, 1.54) is 77.0 Å². The molecule has 4 saturated heterocycles. The molecule has 4 fully saturated rings. The second kappa shape index (κ2) is 22.4. The van der Waals surface area contributed by atoms with Crippen molar-refractivity contribution < 1.29 is 64.6 Å². The Bertz CT molecular complexity index is 601. The molecule has 0 aromatic rings. The molecule has 0 amide bonds. The molecule has 0 bridgehead atoms. The van der Waals surface area contributed by atoms with Crippen molar-refractivity contribution in [1.82, 2.24) is 0 Å². The summed E-state index contributed by atoms with van der Waals surface area (Å²) in [5.41, 5.74) is 1.90. The average Bonchev–Trinajstić information content (AvgIpc) is 2.61. The van der Waals surface area contributed by atoms with Crippen molar-refractivity contribution in [3.05, 3.63) is 21.3 Å². The molecule has 0 atom stereocenters. The van der Waals surface area contributed by atoms with Crippen LogP contribution in [0.2, 0.25) is 0 Å². The smallest absolute Gasteiger partial charge is 2.00 e. The van der Waals surface area contributed by atoms with E-state index >= 15 is 0 Å². The molecule has 5 nitrogen and oxygen atoms in total. The van der Waals surface area contributed by atoms with Crippen molar-refractivity contribution >= 4 is 46.1 Å². The van der Waals surface area contributed by atoms with E-state index in [-0.39, 0.29) is 155 Å². The SMILES string of the molecule is CC1(C)CCCC(C)(C)[N-]1.CC1(C)CCCC(C)(C)[N-]1.CC1(C)CCCC(C)(C)[N-]1.CC1(C)CCCC(C)(C)[N-]1.[Mg+2].[Mg+2].[Na+].[Na+].[O-2]. The maximum atomic E-state index is 4.75. The molecule has 0 spiro atoms. The van der Waals surface area contributed by atoms with E-state index in [0.717, 1.165) is 0 Å². The summed E-state index contributed by atoms with van der Waals surface area (Å²) in [4.78, 5) is 0. The van der Waals surface area contributed by atoms with E-state index in [0.29, 0.717) is 0 Å². The third-order valence-corrected chi connectivity index (χ3v) is 8.73. The van der Waals surface area contributed by atoms with Gasteiger partial charge in [-0.2, -0.15) is 0 Å². The summed E-state index contributed by atoms with van der Waals surface area (Å²) in [6.45, 7) is 35.7. The molecule has 0 unspecified atom stereocenters. The fraction of sp³-hybridized carbons (Fsp3) is 1.00. The quantitative estimate of drug-likeness (QED) is 0.304. The first-order chi connectivity index (χ1) is 17.7. The van der Waals surface area contributed by atoms with E-state index in [1.807, 2.05) is 0 Å².